The Morgan fingerprint density at radius 3 is 1.44 bits per heavy atom. The molecule has 4 N–H and O–H groups in total. The summed E-state index contributed by atoms with van der Waals surface area (Å²) in [6, 6.07) is 14.0. The zero-order valence-electron chi connectivity index (χ0n) is 24.8. The lowest BCUT2D eigenvalue weighted by atomic mass is 10.1. The van der Waals surface area contributed by atoms with E-state index in [-0.39, 0.29) is 35.8 Å². The van der Waals surface area contributed by atoms with Crippen molar-refractivity contribution in [2.45, 2.75) is 82.8 Å². The first-order valence-corrected chi connectivity index (χ1v) is 15.6. The lowest BCUT2D eigenvalue weighted by molar-refractivity contribution is -0.117. The van der Waals surface area contributed by atoms with Gasteiger partial charge in [0.2, 0.25) is 11.8 Å². The normalized spacial score (nSPS) is 17.8. The molecule has 2 unspecified atom stereocenters. The van der Waals surface area contributed by atoms with Crippen molar-refractivity contribution in [1.29, 1.82) is 0 Å². The molecule has 232 valence electrons. The van der Waals surface area contributed by atoms with Crippen molar-refractivity contribution in [1.82, 2.24) is 10.6 Å². The summed E-state index contributed by atoms with van der Waals surface area (Å²) in [6.45, 7) is 2.39. The summed E-state index contributed by atoms with van der Waals surface area (Å²) >= 11 is 0. The van der Waals surface area contributed by atoms with Crippen LogP contribution in [0.15, 0.2) is 48.5 Å². The summed E-state index contributed by atoms with van der Waals surface area (Å²) in [5.74, 6) is -0.706. The fraction of sp³-hybridized carbons (Fsp3) is 0.515. The maximum atomic E-state index is 12.7. The average Bonchev–Trinajstić information content (AvgIpc) is 3.74. The van der Waals surface area contributed by atoms with E-state index >= 15 is 0 Å². The Balaban J connectivity index is 1.09. The van der Waals surface area contributed by atoms with Crippen LogP contribution in [0.4, 0.5) is 11.4 Å². The first-order chi connectivity index (χ1) is 21.0. The molecule has 2 heterocycles. The number of ether oxygens (including phenoxy) is 2. The van der Waals surface area contributed by atoms with Gasteiger partial charge in [-0.05, 0) is 62.8 Å². The van der Waals surface area contributed by atoms with Crippen molar-refractivity contribution < 1.29 is 28.7 Å². The second-order valence-electron chi connectivity index (χ2n) is 11.1. The van der Waals surface area contributed by atoms with Crippen LogP contribution in [-0.4, -0.2) is 62.1 Å². The van der Waals surface area contributed by atoms with Crippen LogP contribution in [0.1, 0.15) is 91.3 Å². The van der Waals surface area contributed by atoms with Gasteiger partial charge in [0.1, 0.15) is 0 Å². The summed E-state index contributed by atoms with van der Waals surface area (Å²) in [4.78, 5) is 50.4. The van der Waals surface area contributed by atoms with Crippen LogP contribution >= 0.6 is 0 Å². The predicted octanol–water partition coefficient (Wildman–Crippen LogP) is 4.81. The van der Waals surface area contributed by atoms with Crippen LogP contribution < -0.4 is 21.3 Å². The minimum atomic E-state index is -0.225. The van der Waals surface area contributed by atoms with E-state index in [4.69, 9.17) is 9.47 Å². The number of carbonyl (C=O) groups excluding carboxylic acids is 4. The molecule has 2 saturated heterocycles. The van der Waals surface area contributed by atoms with E-state index in [2.05, 4.69) is 21.3 Å². The standard InChI is InChI=1S/C33H44N4O6/c38-30(36-28-16-8-6-14-26(28)32(40)34-22-24-12-10-20-42-24)18-4-2-1-3-5-19-31(39)37-29-17-9-7-15-27(29)33(41)35-23-25-13-11-21-43-25/h6-9,14-17,24-25H,1-5,10-13,18-23H2,(H,34,40)(H,35,41)(H,36,38)(H,37,39). The highest BCUT2D eigenvalue weighted by molar-refractivity contribution is 6.04. The molecule has 2 aliphatic rings. The second kappa shape index (κ2) is 17.4. The first-order valence-electron chi connectivity index (χ1n) is 15.6. The Labute approximate surface area is 253 Å². The third kappa shape index (κ3) is 10.8. The van der Waals surface area contributed by atoms with Crippen molar-refractivity contribution >= 4 is 35.0 Å². The lowest BCUT2D eigenvalue weighted by Crippen LogP contribution is -2.32. The third-order valence-corrected chi connectivity index (χ3v) is 7.73. The number of carbonyl (C=O) groups is 4. The highest BCUT2D eigenvalue weighted by Gasteiger charge is 2.20. The van der Waals surface area contributed by atoms with E-state index in [0.717, 1.165) is 71.0 Å². The number of hydrogen-bond acceptors (Lipinski definition) is 6. The van der Waals surface area contributed by atoms with Crippen molar-refractivity contribution in [2.75, 3.05) is 36.9 Å². The van der Waals surface area contributed by atoms with Gasteiger partial charge in [0.05, 0.1) is 34.7 Å². The minimum absolute atomic E-state index is 0.0528. The molecule has 2 aromatic carbocycles. The minimum Gasteiger partial charge on any atom is -0.376 e. The molecule has 0 bridgehead atoms. The molecule has 0 saturated carbocycles. The number of benzene rings is 2. The SMILES string of the molecule is O=C(CCCCCCCC(=O)Nc1ccccc1C(=O)NCC1CCCO1)Nc1ccccc1C(=O)NCC1CCCO1. The number of para-hydroxylation sites is 2. The summed E-state index contributed by atoms with van der Waals surface area (Å²) < 4.78 is 11.1. The predicted molar refractivity (Wildman–Crippen MR) is 165 cm³/mol. The molecule has 4 amide bonds. The first kappa shape index (κ1) is 32.2. The molecule has 2 fully saturated rings. The van der Waals surface area contributed by atoms with Gasteiger partial charge in [-0.2, -0.15) is 0 Å². The van der Waals surface area contributed by atoms with Gasteiger partial charge in [-0.25, -0.2) is 0 Å². The van der Waals surface area contributed by atoms with Gasteiger partial charge in [0.25, 0.3) is 11.8 Å². The molecule has 2 aliphatic heterocycles. The summed E-state index contributed by atoms with van der Waals surface area (Å²) in [5.41, 5.74) is 1.89. The zero-order chi connectivity index (χ0) is 30.3. The molecular formula is C33H44N4O6. The molecule has 2 atom stereocenters. The smallest absolute Gasteiger partial charge is 0.253 e. The largest absolute Gasteiger partial charge is 0.376 e. The molecule has 0 aromatic heterocycles. The number of rotatable bonds is 16. The van der Waals surface area contributed by atoms with Crippen molar-refractivity contribution in [3.8, 4) is 0 Å². The lowest BCUT2D eigenvalue weighted by Gasteiger charge is -2.14. The topological polar surface area (TPSA) is 135 Å². The van der Waals surface area contributed by atoms with Crippen LogP contribution in [-0.2, 0) is 19.1 Å². The highest BCUT2D eigenvalue weighted by atomic mass is 16.5. The van der Waals surface area contributed by atoms with Gasteiger partial charge in [0.15, 0.2) is 0 Å². The van der Waals surface area contributed by atoms with Gasteiger partial charge >= 0.3 is 0 Å². The quantitative estimate of drug-likeness (QED) is 0.207. The van der Waals surface area contributed by atoms with Gasteiger partial charge in [0, 0.05) is 39.1 Å². The van der Waals surface area contributed by atoms with Gasteiger partial charge in [-0.3, -0.25) is 19.2 Å². The molecule has 4 rings (SSSR count). The number of anilines is 2. The van der Waals surface area contributed by atoms with Crippen LogP contribution in [0, 0.1) is 0 Å². The Kier molecular flexibility index (Phi) is 13.0. The van der Waals surface area contributed by atoms with Crippen LogP contribution in [0.2, 0.25) is 0 Å². The molecule has 2 aromatic rings. The van der Waals surface area contributed by atoms with E-state index in [1.54, 1.807) is 48.5 Å². The maximum Gasteiger partial charge on any atom is 0.253 e. The molecule has 0 radical (unpaired) electrons. The van der Waals surface area contributed by atoms with Crippen LogP contribution in [0.3, 0.4) is 0 Å². The van der Waals surface area contributed by atoms with Crippen LogP contribution in [0.25, 0.3) is 0 Å². The van der Waals surface area contributed by atoms with E-state index in [1.807, 2.05) is 0 Å². The Morgan fingerprint density at radius 1 is 0.605 bits per heavy atom. The average molecular weight is 593 g/mol. The molecule has 43 heavy (non-hydrogen) atoms. The van der Waals surface area contributed by atoms with Gasteiger partial charge in [-0.1, -0.05) is 43.5 Å². The highest BCUT2D eigenvalue weighted by Crippen LogP contribution is 2.19. The summed E-state index contributed by atoms with van der Waals surface area (Å²) in [5, 5.41) is 11.6. The maximum absolute atomic E-state index is 12.7. The summed E-state index contributed by atoms with van der Waals surface area (Å²) in [7, 11) is 0. The molecule has 10 nitrogen and oxygen atoms in total. The number of amides is 4. The Bertz CT molecular complexity index is 1130. The fourth-order valence-electron chi connectivity index (χ4n) is 5.32. The van der Waals surface area contributed by atoms with E-state index < -0.39 is 0 Å². The van der Waals surface area contributed by atoms with Crippen molar-refractivity contribution in [3.63, 3.8) is 0 Å². The second-order valence-corrected chi connectivity index (χ2v) is 11.1. The fourth-order valence-corrected chi connectivity index (χ4v) is 5.32. The number of nitrogens with one attached hydrogen (secondary N) is 4. The summed E-state index contributed by atoms with van der Waals surface area (Å²) in [6.07, 6.45) is 8.81. The zero-order valence-corrected chi connectivity index (χ0v) is 24.8. The van der Waals surface area contributed by atoms with Crippen molar-refractivity contribution in [2.24, 2.45) is 0 Å². The number of hydrogen-bond donors (Lipinski definition) is 4. The van der Waals surface area contributed by atoms with E-state index in [0.29, 0.717) is 48.4 Å². The molecule has 10 heteroatoms. The Hall–Kier alpha value is -3.76. The van der Waals surface area contributed by atoms with Gasteiger partial charge in [-0.15, -0.1) is 0 Å². The van der Waals surface area contributed by atoms with Crippen LogP contribution in [0.5, 0.6) is 0 Å². The van der Waals surface area contributed by atoms with E-state index in [1.165, 1.54) is 0 Å². The molecular weight excluding hydrogens is 548 g/mol. The van der Waals surface area contributed by atoms with E-state index in [9.17, 15) is 19.2 Å². The third-order valence-electron chi connectivity index (χ3n) is 7.73. The van der Waals surface area contributed by atoms with Gasteiger partial charge < -0.3 is 30.7 Å². The molecule has 0 aliphatic carbocycles. The Morgan fingerprint density at radius 2 is 1.02 bits per heavy atom. The van der Waals surface area contributed by atoms with Crippen molar-refractivity contribution in [3.05, 3.63) is 59.7 Å². The monoisotopic (exact) mass is 592 g/mol. The number of unbranched alkanes of at least 4 members (excludes halogenated alkanes) is 4. The molecule has 0 spiro atoms.